The largest absolute Gasteiger partial charge is 0.493 e. The molecule has 1 fully saturated rings. The Morgan fingerprint density at radius 2 is 1.75 bits per heavy atom. The minimum absolute atomic E-state index is 0.0512. The van der Waals surface area contributed by atoms with Crippen molar-refractivity contribution in [2.45, 2.75) is 65.7 Å². The zero-order chi connectivity index (χ0) is 32.0. The third-order valence-electron chi connectivity index (χ3n) is 8.40. The fraction of sp³-hybridized carbons (Fsp3) is 0.467. The first-order chi connectivity index (χ1) is 20.8. The first kappa shape index (κ1) is 31.2. The topological polar surface area (TPSA) is 88.2 Å². The number of aromatic nitrogens is 4. The summed E-state index contributed by atoms with van der Waals surface area (Å²) in [5, 5.41) is 5.33. The molecule has 0 bridgehead atoms. The zero-order valence-corrected chi connectivity index (χ0v) is 25.3. The first-order valence-electron chi connectivity index (χ1n) is 14.6. The maximum atomic E-state index is 15.0. The summed E-state index contributed by atoms with van der Waals surface area (Å²) in [5.74, 6) is -4.68. The monoisotopic (exact) mass is 617 g/mol. The van der Waals surface area contributed by atoms with Crippen LogP contribution in [-0.4, -0.2) is 73.8 Å². The molecule has 4 heterocycles. The summed E-state index contributed by atoms with van der Waals surface area (Å²) >= 11 is 0. The number of hydroxylamine groups is 1. The van der Waals surface area contributed by atoms with E-state index in [2.05, 4.69) is 45.5 Å². The summed E-state index contributed by atoms with van der Waals surface area (Å²) in [6, 6.07) is 3.97. The molecule has 0 radical (unpaired) electrons. The molecule has 1 aliphatic rings. The number of rotatable bonds is 7. The number of benzene rings is 1. The fourth-order valence-electron chi connectivity index (χ4n) is 6.01. The standard InChI is InChI=1S/C30H35F4N7O3/c1-6-39(7-2)29(5)11-13-37(14-12-29)24-10-9-21(25-22(24)18-40(8-3)36-25)27(42)41(44-28(43)30(32,33)34)20-15-23(31)26-35-19(4)16-38(26)17-20/h9-10,15-18H,6-8,11-14H2,1-5H3. The van der Waals surface area contributed by atoms with E-state index in [0.29, 0.717) is 17.6 Å². The number of anilines is 2. The average molecular weight is 618 g/mol. The highest BCUT2D eigenvalue weighted by molar-refractivity contribution is 6.14. The molecular weight excluding hydrogens is 582 g/mol. The lowest BCUT2D eigenvalue weighted by Crippen LogP contribution is -2.53. The van der Waals surface area contributed by atoms with Gasteiger partial charge in [-0.3, -0.25) is 14.4 Å². The van der Waals surface area contributed by atoms with E-state index in [4.69, 9.17) is 0 Å². The molecule has 44 heavy (non-hydrogen) atoms. The highest BCUT2D eigenvalue weighted by atomic mass is 19.4. The Kier molecular flexibility index (Phi) is 8.31. The molecule has 236 valence electrons. The van der Waals surface area contributed by atoms with Gasteiger partial charge in [-0.1, -0.05) is 13.8 Å². The number of pyridine rings is 1. The lowest BCUT2D eigenvalue weighted by Gasteiger charge is -2.47. The van der Waals surface area contributed by atoms with Gasteiger partial charge in [0.2, 0.25) is 0 Å². The van der Waals surface area contributed by atoms with Crippen LogP contribution >= 0.6 is 0 Å². The summed E-state index contributed by atoms with van der Waals surface area (Å²) < 4.78 is 57.7. The van der Waals surface area contributed by atoms with E-state index < -0.39 is 29.6 Å². The molecule has 0 saturated carbocycles. The third kappa shape index (κ3) is 5.70. The molecule has 0 spiro atoms. The van der Waals surface area contributed by atoms with Gasteiger partial charge in [0.15, 0.2) is 11.5 Å². The van der Waals surface area contributed by atoms with E-state index in [-0.39, 0.29) is 27.3 Å². The summed E-state index contributed by atoms with van der Waals surface area (Å²) in [6.45, 7) is 13.9. The van der Waals surface area contributed by atoms with Crippen LogP contribution in [0.5, 0.6) is 0 Å². The molecule has 1 saturated heterocycles. The maximum Gasteiger partial charge on any atom is 0.493 e. The van der Waals surface area contributed by atoms with Crippen molar-refractivity contribution in [3.05, 3.63) is 53.9 Å². The van der Waals surface area contributed by atoms with Gasteiger partial charge in [0.05, 0.1) is 11.3 Å². The molecule has 4 aromatic rings. The molecule has 14 heteroatoms. The predicted octanol–water partition coefficient (Wildman–Crippen LogP) is 5.52. The van der Waals surface area contributed by atoms with Gasteiger partial charge < -0.3 is 14.1 Å². The van der Waals surface area contributed by atoms with Gasteiger partial charge in [0.25, 0.3) is 5.91 Å². The highest BCUT2D eigenvalue weighted by Crippen LogP contribution is 2.36. The van der Waals surface area contributed by atoms with Gasteiger partial charge in [-0.15, -0.1) is 5.06 Å². The molecule has 5 rings (SSSR count). The maximum absolute atomic E-state index is 15.0. The molecule has 0 atom stereocenters. The summed E-state index contributed by atoms with van der Waals surface area (Å²) in [4.78, 5) is 39.2. The zero-order valence-electron chi connectivity index (χ0n) is 25.3. The SMILES string of the molecule is CCN(CC)C1(C)CCN(c2ccc(C(=O)N(OC(=O)C(F)(F)F)c3cc(F)c4nc(C)cn4c3)c3nn(CC)cc23)CC1. The lowest BCUT2D eigenvalue weighted by molar-refractivity contribution is -0.200. The van der Waals surface area contributed by atoms with E-state index in [0.717, 1.165) is 57.0 Å². The Labute approximate surface area is 251 Å². The number of halogens is 4. The molecule has 1 aliphatic heterocycles. The molecule has 0 N–H and O–H groups in total. The first-order valence-corrected chi connectivity index (χ1v) is 14.6. The minimum atomic E-state index is -5.41. The van der Waals surface area contributed by atoms with Crippen molar-refractivity contribution in [2.75, 3.05) is 36.1 Å². The van der Waals surface area contributed by atoms with E-state index in [1.54, 1.807) is 23.9 Å². The highest BCUT2D eigenvalue weighted by Gasteiger charge is 2.44. The predicted molar refractivity (Wildman–Crippen MR) is 157 cm³/mol. The van der Waals surface area contributed by atoms with Crippen LogP contribution in [-0.2, 0) is 16.2 Å². The molecule has 3 aromatic heterocycles. The minimum Gasteiger partial charge on any atom is -0.371 e. The van der Waals surface area contributed by atoms with Crippen molar-refractivity contribution in [2.24, 2.45) is 0 Å². The van der Waals surface area contributed by atoms with Crippen molar-refractivity contribution >= 4 is 39.8 Å². The van der Waals surface area contributed by atoms with Crippen molar-refractivity contribution in [3.63, 3.8) is 0 Å². The second kappa shape index (κ2) is 11.7. The quantitative estimate of drug-likeness (QED) is 0.199. The number of carbonyl (C=O) groups is 2. The van der Waals surface area contributed by atoms with E-state index in [1.807, 2.05) is 6.92 Å². The van der Waals surface area contributed by atoms with Crippen LogP contribution in [0.3, 0.4) is 0 Å². The van der Waals surface area contributed by atoms with Gasteiger partial charge in [0, 0.05) is 60.9 Å². The normalized spacial score (nSPS) is 15.4. The molecule has 1 aromatic carbocycles. The second-order valence-corrected chi connectivity index (χ2v) is 11.2. The smallest absolute Gasteiger partial charge is 0.371 e. The van der Waals surface area contributed by atoms with Crippen LogP contribution in [0.25, 0.3) is 16.6 Å². The van der Waals surface area contributed by atoms with Gasteiger partial charge in [-0.05, 0) is 58.8 Å². The van der Waals surface area contributed by atoms with Crippen LogP contribution in [0.4, 0.5) is 28.9 Å². The van der Waals surface area contributed by atoms with Gasteiger partial charge in [-0.25, -0.2) is 14.2 Å². The Morgan fingerprint density at radius 1 is 1.07 bits per heavy atom. The number of carbonyl (C=O) groups excluding carboxylic acids is 2. The Morgan fingerprint density at radius 3 is 2.36 bits per heavy atom. The number of hydrogen-bond donors (Lipinski definition) is 0. The number of aryl methyl sites for hydroxylation is 2. The summed E-state index contributed by atoms with van der Waals surface area (Å²) in [5.41, 5.74) is 0.886. The number of imidazole rings is 1. The molecular formula is C30H35F4N7O3. The second-order valence-electron chi connectivity index (χ2n) is 11.2. The number of alkyl halides is 3. The third-order valence-corrected chi connectivity index (χ3v) is 8.40. The van der Waals surface area contributed by atoms with Crippen LogP contribution in [0.15, 0.2) is 36.8 Å². The van der Waals surface area contributed by atoms with Crippen LogP contribution in [0, 0.1) is 12.7 Å². The molecule has 0 unspecified atom stereocenters. The Hall–Kier alpha value is -4.20. The Balaban J connectivity index is 1.56. The number of nitrogens with zero attached hydrogens (tertiary/aromatic N) is 7. The summed E-state index contributed by atoms with van der Waals surface area (Å²) in [7, 11) is 0. The van der Waals surface area contributed by atoms with E-state index in [1.165, 1.54) is 16.7 Å². The fourth-order valence-corrected chi connectivity index (χ4v) is 6.01. The Bertz CT molecular complexity index is 1700. The van der Waals surface area contributed by atoms with Crippen molar-refractivity contribution in [1.29, 1.82) is 0 Å². The van der Waals surface area contributed by atoms with Gasteiger partial charge >= 0.3 is 12.1 Å². The van der Waals surface area contributed by atoms with E-state index in [9.17, 15) is 27.2 Å². The van der Waals surface area contributed by atoms with Crippen molar-refractivity contribution < 1.29 is 32.0 Å². The molecule has 0 aliphatic carbocycles. The van der Waals surface area contributed by atoms with Crippen LogP contribution in [0.1, 0.15) is 56.6 Å². The number of piperidine rings is 1. The molecule has 1 amide bonds. The lowest BCUT2D eigenvalue weighted by atomic mass is 9.87. The van der Waals surface area contributed by atoms with Gasteiger partial charge in [0.1, 0.15) is 11.2 Å². The average Bonchev–Trinajstić information content (AvgIpc) is 3.59. The number of fused-ring (bicyclic) bond motifs is 2. The number of amides is 1. The van der Waals surface area contributed by atoms with Crippen molar-refractivity contribution in [1.82, 2.24) is 24.1 Å². The van der Waals surface area contributed by atoms with Crippen molar-refractivity contribution in [3.8, 4) is 0 Å². The van der Waals surface area contributed by atoms with E-state index >= 15 is 0 Å². The van der Waals surface area contributed by atoms with Crippen LogP contribution in [0.2, 0.25) is 0 Å². The number of hydrogen-bond acceptors (Lipinski definition) is 7. The van der Waals surface area contributed by atoms with Crippen LogP contribution < -0.4 is 9.96 Å². The van der Waals surface area contributed by atoms with Gasteiger partial charge in [-0.2, -0.15) is 18.3 Å². The molecule has 10 nitrogen and oxygen atoms in total. The summed E-state index contributed by atoms with van der Waals surface area (Å²) in [6.07, 6.45) is 0.797.